The van der Waals surface area contributed by atoms with Crippen molar-refractivity contribution in [1.82, 2.24) is 15.6 Å². The molecule has 0 aliphatic rings. The number of urea groups is 1. The van der Waals surface area contributed by atoms with Crippen LogP contribution < -0.4 is 22.1 Å². The molecule has 2 rings (SSSR count). The molecule has 0 bridgehead atoms. The summed E-state index contributed by atoms with van der Waals surface area (Å²) in [6.07, 6.45) is 2.59. The first-order valence-corrected chi connectivity index (χ1v) is 8.25. The monoisotopic (exact) mass is 361 g/mol. The lowest BCUT2D eigenvalue weighted by Crippen LogP contribution is -2.49. The maximum absolute atomic E-state index is 12.3. The molecule has 0 saturated carbocycles. The molecule has 0 unspecified atom stereocenters. The first kappa shape index (κ1) is 19.3. The highest BCUT2D eigenvalue weighted by Crippen LogP contribution is 2.18. The minimum absolute atomic E-state index is 0.154. The smallest absolute Gasteiger partial charge is 0.326 e. The van der Waals surface area contributed by atoms with Crippen molar-refractivity contribution < 1.29 is 19.5 Å². The van der Waals surface area contributed by atoms with Crippen molar-refractivity contribution in [3.63, 3.8) is 0 Å². The topological polar surface area (TPSA) is 163 Å². The summed E-state index contributed by atoms with van der Waals surface area (Å²) in [5.74, 6) is -1.69. The Hall–Kier alpha value is -3.07. The molecular weight excluding hydrogens is 338 g/mol. The van der Waals surface area contributed by atoms with E-state index in [1.54, 1.807) is 6.20 Å². The third-order valence-corrected chi connectivity index (χ3v) is 4.03. The molecule has 9 heteroatoms. The van der Waals surface area contributed by atoms with Crippen molar-refractivity contribution in [2.45, 2.75) is 31.3 Å². The van der Waals surface area contributed by atoms with E-state index in [9.17, 15) is 19.5 Å². The van der Waals surface area contributed by atoms with E-state index in [-0.39, 0.29) is 19.4 Å². The average molecular weight is 361 g/mol. The molecule has 0 aliphatic carbocycles. The number of primary amides is 1. The number of carbonyl (C=O) groups excluding carboxylic acids is 2. The van der Waals surface area contributed by atoms with Gasteiger partial charge in [-0.05, 0) is 30.9 Å². The van der Waals surface area contributed by atoms with Crippen LogP contribution in [0.15, 0.2) is 30.5 Å². The summed E-state index contributed by atoms with van der Waals surface area (Å²) < 4.78 is 0. The van der Waals surface area contributed by atoms with E-state index in [0.29, 0.717) is 6.42 Å². The number of aromatic amines is 1. The molecule has 8 N–H and O–H groups in total. The second-order valence-corrected chi connectivity index (χ2v) is 6.00. The zero-order valence-corrected chi connectivity index (χ0v) is 14.2. The lowest BCUT2D eigenvalue weighted by Gasteiger charge is -2.18. The molecule has 1 aromatic carbocycles. The molecule has 9 nitrogen and oxygen atoms in total. The predicted molar refractivity (Wildman–Crippen MR) is 96.4 cm³/mol. The highest BCUT2D eigenvalue weighted by molar-refractivity contribution is 5.88. The van der Waals surface area contributed by atoms with E-state index < -0.39 is 30.0 Å². The number of aliphatic carboxylic acids is 1. The van der Waals surface area contributed by atoms with Crippen molar-refractivity contribution in [1.29, 1.82) is 0 Å². The summed E-state index contributed by atoms with van der Waals surface area (Å²) in [5.41, 5.74) is 12.7. The molecule has 140 valence electrons. The summed E-state index contributed by atoms with van der Waals surface area (Å²) >= 11 is 0. The minimum atomic E-state index is -1.16. The van der Waals surface area contributed by atoms with Gasteiger partial charge in [0, 0.05) is 23.6 Å². The quantitative estimate of drug-likeness (QED) is 0.347. The predicted octanol–water partition coefficient (Wildman–Crippen LogP) is 0.0556. The maximum atomic E-state index is 12.3. The van der Waals surface area contributed by atoms with E-state index in [0.717, 1.165) is 16.5 Å². The number of hydrogen-bond acceptors (Lipinski definition) is 4. The number of carbonyl (C=O) groups is 3. The molecule has 0 saturated heterocycles. The number of hydrogen-bond donors (Lipinski definition) is 6. The fraction of sp³-hybridized carbons (Fsp3) is 0.353. The van der Waals surface area contributed by atoms with Gasteiger partial charge in [0.15, 0.2) is 0 Å². The number of fused-ring (bicyclic) bond motifs is 1. The van der Waals surface area contributed by atoms with Crippen molar-refractivity contribution in [2.24, 2.45) is 11.5 Å². The Morgan fingerprint density at radius 3 is 2.65 bits per heavy atom. The van der Waals surface area contributed by atoms with Crippen LogP contribution in [-0.2, 0) is 16.0 Å². The van der Waals surface area contributed by atoms with Gasteiger partial charge in [-0.3, -0.25) is 4.79 Å². The normalized spacial score (nSPS) is 13.1. The van der Waals surface area contributed by atoms with Gasteiger partial charge >= 0.3 is 12.0 Å². The highest BCUT2D eigenvalue weighted by atomic mass is 16.4. The van der Waals surface area contributed by atoms with E-state index in [1.165, 1.54) is 0 Å². The first-order chi connectivity index (χ1) is 12.4. The van der Waals surface area contributed by atoms with Gasteiger partial charge in [-0.15, -0.1) is 0 Å². The number of para-hydroxylation sites is 1. The van der Waals surface area contributed by atoms with Crippen molar-refractivity contribution in [2.75, 3.05) is 6.54 Å². The van der Waals surface area contributed by atoms with Crippen molar-refractivity contribution in [3.05, 3.63) is 36.0 Å². The number of nitrogens with two attached hydrogens (primary N) is 2. The lowest BCUT2D eigenvalue weighted by molar-refractivity contribution is -0.142. The Bertz CT molecular complexity index is 788. The Kier molecular flexibility index (Phi) is 6.56. The molecule has 2 atom stereocenters. The standard InChI is InChI=1S/C17H23N5O4/c18-12(8-10-9-21-13-5-2-1-4-11(10)13)15(23)22-14(16(24)25)6-3-7-20-17(19)26/h1-2,4-5,9,12,14,21H,3,6-8,18H2,(H,22,23)(H,24,25)(H3,19,20,26)/t12-,14+/m1/s1. The number of nitrogens with one attached hydrogen (secondary N) is 3. The van der Waals surface area contributed by atoms with E-state index >= 15 is 0 Å². The largest absolute Gasteiger partial charge is 0.480 e. The van der Waals surface area contributed by atoms with E-state index in [2.05, 4.69) is 15.6 Å². The van der Waals surface area contributed by atoms with Crippen LogP contribution in [0.3, 0.4) is 0 Å². The number of rotatable bonds is 9. The number of carboxylic acids is 1. The Balaban J connectivity index is 1.91. The third-order valence-electron chi connectivity index (χ3n) is 4.03. The fourth-order valence-corrected chi connectivity index (χ4v) is 2.68. The summed E-state index contributed by atoms with van der Waals surface area (Å²) in [7, 11) is 0. The molecule has 0 aliphatic heterocycles. The third kappa shape index (κ3) is 5.21. The molecular formula is C17H23N5O4. The fourth-order valence-electron chi connectivity index (χ4n) is 2.68. The molecule has 1 aromatic heterocycles. The van der Waals surface area contributed by atoms with Gasteiger partial charge in [-0.2, -0.15) is 0 Å². The van der Waals surface area contributed by atoms with Gasteiger partial charge in [0.05, 0.1) is 6.04 Å². The Morgan fingerprint density at radius 1 is 1.23 bits per heavy atom. The van der Waals surface area contributed by atoms with Gasteiger partial charge in [0.1, 0.15) is 6.04 Å². The zero-order chi connectivity index (χ0) is 19.1. The Morgan fingerprint density at radius 2 is 1.96 bits per heavy atom. The molecule has 26 heavy (non-hydrogen) atoms. The van der Waals surface area contributed by atoms with Crippen LogP contribution in [0.2, 0.25) is 0 Å². The van der Waals surface area contributed by atoms with Crippen LogP contribution >= 0.6 is 0 Å². The van der Waals surface area contributed by atoms with Gasteiger partial charge in [-0.25, -0.2) is 9.59 Å². The second kappa shape index (κ2) is 8.86. The molecule has 0 spiro atoms. The van der Waals surface area contributed by atoms with E-state index in [4.69, 9.17) is 11.5 Å². The van der Waals surface area contributed by atoms with Crippen LogP contribution in [0, 0.1) is 0 Å². The summed E-state index contributed by atoms with van der Waals surface area (Å²) in [5, 5.41) is 15.0. The molecule has 0 fully saturated rings. The van der Waals surface area contributed by atoms with Crippen LogP contribution in [0.4, 0.5) is 4.79 Å². The van der Waals surface area contributed by atoms with Crippen LogP contribution in [0.25, 0.3) is 10.9 Å². The molecule has 1 heterocycles. The zero-order valence-electron chi connectivity index (χ0n) is 14.2. The molecule has 3 amide bonds. The minimum Gasteiger partial charge on any atom is -0.480 e. The Labute approximate surface area is 150 Å². The number of H-pyrrole nitrogens is 1. The molecule has 2 aromatic rings. The van der Waals surface area contributed by atoms with Gasteiger partial charge in [0.25, 0.3) is 0 Å². The van der Waals surface area contributed by atoms with Crippen LogP contribution in [0.1, 0.15) is 18.4 Å². The first-order valence-electron chi connectivity index (χ1n) is 8.25. The molecule has 0 radical (unpaired) electrons. The SMILES string of the molecule is NC(=O)NCCC[C@H](NC(=O)[C@H](N)Cc1c[nH]c2ccccc12)C(=O)O. The number of amides is 3. The number of benzene rings is 1. The lowest BCUT2D eigenvalue weighted by atomic mass is 10.0. The average Bonchev–Trinajstić information content (AvgIpc) is 3.00. The summed E-state index contributed by atoms with van der Waals surface area (Å²) in [6, 6.07) is 5.02. The van der Waals surface area contributed by atoms with E-state index in [1.807, 2.05) is 24.3 Å². The second-order valence-electron chi connectivity index (χ2n) is 6.00. The highest BCUT2D eigenvalue weighted by Gasteiger charge is 2.23. The van der Waals surface area contributed by atoms with Crippen molar-refractivity contribution >= 4 is 28.8 Å². The summed E-state index contributed by atoms with van der Waals surface area (Å²) in [4.78, 5) is 37.3. The number of aromatic nitrogens is 1. The van der Waals surface area contributed by atoms with Gasteiger partial charge < -0.3 is 32.2 Å². The summed E-state index contributed by atoms with van der Waals surface area (Å²) in [6.45, 7) is 0.233. The van der Waals surface area contributed by atoms with Gasteiger partial charge in [0.2, 0.25) is 5.91 Å². The van der Waals surface area contributed by atoms with Gasteiger partial charge in [-0.1, -0.05) is 18.2 Å². The number of carboxylic acid groups (broad SMARTS) is 1. The maximum Gasteiger partial charge on any atom is 0.326 e. The van der Waals surface area contributed by atoms with Crippen molar-refractivity contribution in [3.8, 4) is 0 Å². The van der Waals surface area contributed by atoms with Crippen LogP contribution in [0.5, 0.6) is 0 Å². The van der Waals surface area contributed by atoms with Crippen LogP contribution in [-0.4, -0.2) is 46.6 Å².